The van der Waals surface area contributed by atoms with E-state index in [1.807, 2.05) is 24.0 Å². The largest absolute Gasteiger partial charge is 0.337 e. The van der Waals surface area contributed by atoms with Crippen molar-refractivity contribution in [2.24, 2.45) is 0 Å². The van der Waals surface area contributed by atoms with E-state index < -0.39 is 0 Å². The molecule has 0 spiro atoms. The van der Waals surface area contributed by atoms with E-state index in [9.17, 15) is 4.79 Å². The number of piperidine rings is 1. The maximum Gasteiger partial charge on any atom is 0.272 e. The fraction of sp³-hybridized carbons (Fsp3) is 0.600. The monoisotopic (exact) mass is 368 g/mol. The molecular formula is C20H28N6O. The lowest BCUT2D eigenvalue weighted by molar-refractivity contribution is 0.0704. The van der Waals surface area contributed by atoms with E-state index in [4.69, 9.17) is 0 Å². The van der Waals surface area contributed by atoms with Crippen molar-refractivity contribution in [3.8, 4) is 0 Å². The van der Waals surface area contributed by atoms with E-state index >= 15 is 0 Å². The molecule has 7 heteroatoms. The van der Waals surface area contributed by atoms with Crippen LogP contribution < -0.4 is 0 Å². The zero-order chi connectivity index (χ0) is 19.0. The minimum atomic E-state index is 0.0362. The van der Waals surface area contributed by atoms with Crippen LogP contribution in [0.1, 0.15) is 65.5 Å². The quantitative estimate of drug-likeness (QED) is 0.811. The second-order valence-corrected chi connectivity index (χ2v) is 8.04. The number of nitrogens with zero attached hydrogens (tertiary/aromatic N) is 6. The summed E-state index contributed by atoms with van der Waals surface area (Å²) in [5.41, 5.74) is 1.42. The number of likely N-dealkylation sites (tertiary alicyclic amines) is 1. The van der Waals surface area contributed by atoms with Crippen LogP contribution in [0.4, 0.5) is 0 Å². The van der Waals surface area contributed by atoms with Crippen molar-refractivity contribution in [3.05, 3.63) is 41.2 Å². The van der Waals surface area contributed by atoms with Crippen LogP contribution in [-0.2, 0) is 6.54 Å². The number of carbonyl (C=O) groups is 1. The third-order valence-corrected chi connectivity index (χ3v) is 5.42. The molecular weight excluding hydrogens is 340 g/mol. The zero-order valence-electron chi connectivity index (χ0n) is 16.4. The van der Waals surface area contributed by atoms with E-state index in [0.717, 1.165) is 49.8 Å². The Balaban J connectivity index is 1.45. The van der Waals surface area contributed by atoms with Crippen LogP contribution in [0.25, 0.3) is 0 Å². The van der Waals surface area contributed by atoms with E-state index in [1.54, 1.807) is 6.07 Å². The standard InChI is InChI=1S/C20H28N6O/c1-14-5-4-6-17(21-14)20(27)25-11-9-15(10-12-25)19-23-22-18(13-24(2)3)26(19)16-7-8-16/h4-6,15-16H,7-13H2,1-3H3. The van der Waals surface area contributed by atoms with Gasteiger partial charge >= 0.3 is 0 Å². The summed E-state index contributed by atoms with van der Waals surface area (Å²) in [5.74, 6) is 2.60. The van der Waals surface area contributed by atoms with Crippen LogP contribution >= 0.6 is 0 Å². The number of carbonyl (C=O) groups excluding carboxylic acids is 1. The Kier molecular flexibility index (Phi) is 4.95. The highest BCUT2D eigenvalue weighted by Gasteiger charge is 2.34. The number of amides is 1. The van der Waals surface area contributed by atoms with Gasteiger partial charge < -0.3 is 14.4 Å². The van der Waals surface area contributed by atoms with E-state index in [2.05, 4.69) is 38.7 Å². The first-order valence-corrected chi connectivity index (χ1v) is 9.84. The van der Waals surface area contributed by atoms with Gasteiger partial charge in [0.25, 0.3) is 5.91 Å². The molecule has 1 saturated heterocycles. The third-order valence-electron chi connectivity index (χ3n) is 5.42. The zero-order valence-corrected chi connectivity index (χ0v) is 16.4. The average Bonchev–Trinajstić information content (AvgIpc) is 3.41. The summed E-state index contributed by atoms with van der Waals surface area (Å²) in [6.07, 6.45) is 4.32. The van der Waals surface area contributed by atoms with Crippen molar-refractivity contribution in [2.75, 3.05) is 27.2 Å². The van der Waals surface area contributed by atoms with Crippen molar-refractivity contribution < 1.29 is 4.79 Å². The number of aryl methyl sites for hydroxylation is 1. The number of hydrogen-bond acceptors (Lipinski definition) is 5. The van der Waals surface area contributed by atoms with Crippen LogP contribution in [0.15, 0.2) is 18.2 Å². The highest BCUT2D eigenvalue weighted by Crippen LogP contribution is 2.40. The van der Waals surface area contributed by atoms with Crippen molar-refractivity contribution >= 4 is 5.91 Å². The molecule has 1 amide bonds. The van der Waals surface area contributed by atoms with Crippen molar-refractivity contribution in [2.45, 2.75) is 51.1 Å². The molecule has 2 fully saturated rings. The Morgan fingerprint density at radius 1 is 1.15 bits per heavy atom. The van der Waals surface area contributed by atoms with Gasteiger partial charge in [0.1, 0.15) is 17.3 Å². The normalized spacial score (nSPS) is 18.3. The molecule has 7 nitrogen and oxygen atoms in total. The number of pyridine rings is 1. The molecule has 27 heavy (non-hydrogen) atoms. The van der Waals surface area contributed by atoms with Crippen LogP contribution in [0.3, 0.4) is 0 Å². The Morgan fingerprint density at radius 3 is 2.52 bits per heavy atom. The topological polar surface area (TPSA) is 67.2 Å². The highest BCUT2D eigenvalue weighted by atomic mass is 16.2. The summed E-state index contributed by atoms with van der Waals surface area (Å²) in [7, 11) is 4.13. The summed E-state index contributed by atoms with van der Waals surface area (Å²) in [6, 6.07) is 6.19. The number of rotatable bonds is 5. The van der Waals surface area contributed by atoms with Gasteiger partial charge in [0.05, 0.1) is 6.54 Å². The first kappa shape index (κ1) is 18.1. The molecule has 0 radical (unpaired) electrons. The van der Waals surface area contributed by atoms with Crippen LogP contribution in [0.5, 0.6) is 0 Å². The molecule has 1 aliphatic heterocycles. The Hall–Kier alpha value is -2.28. The van der Waals surface area contributed by atoms with Gasteiger partial charge in [-0.25, -0.2) is 4.98 Å². The van der Waals surface area contributed by atoms with Crippen LogP contribution in [0, 0.1) is 6.92 Å². The van der Waals surface area contributed by atoms with Gasteiger partial charge in [0.2, 0.25) is 0 Å². The first-order valence-electron chi connectivity index (χ1n) is 9.84. The summed E-state index contributed by atoms with van der Waals surface area (Å²) in [6.45, 7) is 4.23. The second kappa shape index (κ2) is 7.38. The minimum Gasteiger partial charge on any atom is -0.337 e. The van der Waals surface area contributed by atoms with E-state index in [-0.39, 0.29) is 5.91 Å². The lowest BCUT2D eigenvalue weighted by Crippen LogP contribution is -2.38. The maximum atomic E-state index is 12.7. The summed E-state index contributed by atoms with van der Waals surface area (Å²) < 4.78 is 2.38. The van der Waals surface area contributed by atoms with Gasteiger partial charge in [-0.05, 0) is 58.8 Å². The maximum absolute atomic E-state index is 12.7. The van der Waals surface area contributed by atoms with Crippen molar-refractivity contribution in [3.63, 3.8) is 0 Å². The molecule has 2 aromatic rings. The molecule has 1 aliphatic carbocycles. The smallest absolute Gasteiger partial charge is 0.272 e. The molecule has 2 aromatic heterocycles. The van der Waals surface area contributed by atoms with Gasteiger partial charge in [-0.2, -0.15) is 0 Å². The molecule has 0 N–H and O–H groups in total. The van der Waals surface area contributed by atoms with Gasteiger partial charge in [-0.1, -0.05) is 6.07 Å². The Bertz CT molecular complexity index is 818. The average molecular weight is 368 g/mol. The fourth-order valence-corrected chi connectivity index (χ4v) is 3.90. The fourth-order valence-electron chi connectivity index (χ4n) is 3.90. The van der Waals surface area contributed by atoms with Crippen LogP contribution in [-0.4, -0.2) is 62.6 Å². The van der Waals surface area contributed by atoms with Gasteiger partial charge in [-0.15, -0.1) is 10.2 Å². The Labute approximate surface area is 160 Å². The predicted molar refractivity (Wildman–Crippen MR) is 103 cm³/mol. The first-order chi connectivity index (χ1) is 13.0. The number of aromatic nitrogens is 4. The molecule has 0 atom stereocenters. The predicted octanol–water partition coefficient (Wildman–Crippen LogP) is 2.40. The second-order valence-electron chi connectivity index (χ2n) is 8.04. The minimum absolute atomic E-state index is 0.0362. The summed E-state index contributed by atoms with van der Waals surface area (Å²) in [5, 5.41) is 9.05. The van der Waals surface area contributed by atoms with Crippen molar-refractivity contribution in [1.29, 1.82) is 0 Å². The molecule has 144 valence electrons. The van der Waals surface area contributed by atoms with Crippen LogP contribution in [0.2, 0.25) is 0 Å². The molecule has 0 bridgehead atoms. The molecule has 2 aliphatic rings. The number of hydrogen-bond donors (Lipinski definition) is 0. The lowest BCUT2D eigenvalue weighted by Gasteiger charge is -2.31. The molecule has 0 aromatic carbocycles. The molecule has 3 heterocycles. The van der Waals surface area contributed by atoms with Gasteiger partial charge in [0, 0.05) is 30.7 Å². The highest BCUT2D eigenvalue weighted by molar-refractivity contribution is 5.92. The van der Waals surface area contributed by atoms with Gasteiger partial charge in [0.15, 0.2) is 0 Å². The summed E-state index contributed by atoms with van der Waals surface area (Å²) in [4.78, 5) is 21.2. The van der Waals surface area contributed by atoms with E-state index in [0.29, 0.717) is 17.7 Å². The van der Waals surface area contributed by atoms with E-state index in [1.165, 1.54) is 12.8 Å². The summed E-state index contributed by atoms with van der Waals surface area (Å²) >= 11 is 0. The molecule has 0 unspecified atom stereocenters. The van der Waals surface area contributed by atoms with Crippen molar-refractivity contribution in [1.82, 2.24) is 29.5 Å². The van der Waals surface area contributed by atoms with Gasteiger partial charge in [-0.3, -0.25) is 4.79 Å². The SMILES string of the molecule is Cc1cccc(C(=O)N2CCC(c3nnc(CN(C)C)n3C3CC3)CC2)n1. The molecule has 1 saturated carbocycles. The molecule has 4 rings (SSSR count). The third kappa shape index (κ3) is 3.88. The Morgan fingerprint density at radius 2 is 1.89 bits per heavy atom. The lowest BCUT2D eigenvalue weighted by atomic mass is 9.95.